The van der Waals surface area contributed by atoms with Crippen LogP contribution in [-0.2, 0) is 41.6 Å². The number of hydrogen-bond donors (Lipinski definition) is 7. The Morgan fingerprint density at radius 3 is 0.647 bits per heavy atom. The third-order valence-electron chi connectivity index (χ3n) is 0.366. The molecule has 0 rings (SSSR count). The summed E-state index contributed by atoms with van der Waals surface area (Å²) >= 11 is 0. The SMILES string of the molecule is O=C(O)C(=O)O.O=C(O)C(=O)O.OB(O)O.[Ag]. The first kappa shape index (κ1) is 24.7. The van der Waals surface area contributed by atoms with E-state index in [9.17, 15) is 0 Å². The second kappa shape index (κ2) is 14.6. The molecule has 13 heteroatoms. The van der Waals surface area contributed by atoms with Crippen LogP contribution in [0.2, 0.25) is 0 Å². The molecule has 17 heavy (non-hydrogen) atoms. The van der Waals surface area contributed by atoms with Gasteiger partial charge in [0.15, 0.2) is 0 Å². The molecule has 0 amide bonds. The maximum atomic E-state index is 9.10. The van der Waals surface area contributed by atoms with E-state index in [2.05, 4.69) is 0 Å². The molecule has 0 aromatic heterocycles. The van der Waals surface area contributed by atoms with E-state index in [1.165, 1.54) is 0 Å². The van der Waals surface area contributed by atoms with Crippen LogP contribution >= 0.6 is 0 Å². The Morgan fingerprint density at radius 1 is 0.588 bits per heavy atom. The van der Waals surface area contributed by atoms with Crippen LogP contribution in [0.1, 0.15) is 0 Å². The number of rotatable bonds is 0. The summed E-state index contributed by atoms with van der Waals surface area (Å²) in [5, 5.41) is 51.1. The van der Waals surface area contributed by atoms with E-state index >= 15 is 0 Å². The summed E-state index contributed by atoms with van der Waals surface area (Å²) in [6.07, 6.45) is 0. The third-order valence-corrected chi connectivity index (χ3v) is 0.366. The van der Waals surface area contributed by atoms with E-state index in [1.807, 2.05) is 0 Å². The summed E-state index contributed by atoms with van der Waals surface area (Å²) in [5.74, 6) is -7.30. The Labute approximate surface area is 109 Å². The van der Waals surface area contributed by atoms with Crippen LogP contribution in [0, 0.1) is 0 Å². The number of carbonyl (C=O) groups is 4. The van der Waals surface area contributed by atoms with Crippen molar-refractivity contribution in [2.75, 3.05) is 0 Å². The minimum atomic E-state index is -2.17. The van der Waals surface area contributed by atoms with Gasteiger partial charge < -0.3 is 35.5 Å². The molecule has 7 N–H and O–H groups in total. The van der Waals surface area contributed by atoms with E-state index < -0.39 is 31.2 Å². The van der Waals surface area contributed by atoms with Crippen molar-refractivity contribution in [3.63, 3.8) is 0 Å². The molecule has 0 atom stereocenters. The minimum Gasteiger partial charge on any atom is -0.473 e. The van der Waals surface area contributed by atoms with Gasteiger partial charge in [0.2, 0.25) is 0 Å². The zero-order valence-corrected chi connectivity index (χ0v) is 9.12. The molecule has 0 aliphatic heterocycles. The van der Waals surface area contributed by atoms with Gasteiger partial charge in [-0.3, -0.25) is 0 Å². The van der Waals surface area contributed by atoms with Crippen LogP contribution in [0.4, 0.5) is 0 Å². The predicted molar refractivity (Wildman–Crippen MR) is 43.0 cm³/mol. The van der Waals surface area contributed by atoms with Gasteiger partial charge in [0.25, 0.3) is 0 Å². The van der Waals surface area contributed by atoms with Crippen molar-refractivity contribution in [2.45, 2.75) is 0 Å². The van der Waals surface area contributed by atoms with Crippen LogP contribution in [0.3, 0.4) is 0 Å². The van der Waals surface area contributed by atoms with E-state index in [-0.39, 0.29) is 22.4 Å². The van der Waals surface area contributed by atoms with Crippen LogP contribution in [0.25, 0.3) is 0 Å². The topological polar surface area (TPSA) is 210 Å². The van der Waals surface area contributed by atoms with Crippen molar-refractivity contribution in [2.24, 2.45) is 0 Å². The number of carboxylic acids is 4. The summed E-state index contributed by atoms with van der Waals surface area (Å²) in [6, 6.07) is 0. The van der Waals surface area contributed by atoms with Gasteiger partial charge in [-0.25, -0.2) is 19.2 Å². The second-order valence-corrected chi connectivity index (χ2v) is 1.57. The van der Waals surface area contributed by atoms with Crippen molar-refractivity contribution in [3.8, 4) is 0 Å². The van der Waals surface area contributed by atoms with Crippen LogP contribution in [-0.4, -0.2) is 66.7 Å². The zero-order valence-electron chi connectivity index (χ0n) is 7.64. The van der Waals surface area contributed by atoms with E-state index in [1.54, 1.807) is 0 Å². The van der Waals surface area contributed by atoms with Crippen molar-refractivity contribution in [3.05, 3.63) is 0 Å². The third kappa shape index (κ3) is 53.4. The van der Waals surface area contributed by atoms with Gasteiger partial charge in [0.1, 0.15) is 0 Å². The smallest absolute Gasteiger partial charge is 0.473 e. The van der Waals surface area contributed by atoms with Gasteiger partial charge in [-0.1, -0.05) is 0 Å². The molecule has 0 bridgehead atoms. The molecule has 0 saturated heterocycles. The van der Waals surface area contributed by atoms with Crippen LogP contribution in [0.5, 0.6) is 0 Å². The van der Waals surface area contributed by atoms with E-state index in [0.717, 1.165) is 0 Å². The Balaban J connectivity index is -0.0000000741. The van der Waals surface area contributed by atoms with E-state index in [4.69, 9.17) is 54.7 Å². The maximum Gasteiger partial charge on any atom is 0.631 e. The van der Waals surface area contributed by atoms with Crippen LogP contribution in [0.15, 0.2) is 0 Å². The first-order valence-corrected chi connectivity index (χ1v) is 2.99. The molecular weight excluding hydrogens is 343 g/mol. The molecular formula is C4H7AgBO11. The molecule has 0 aliphatic rings. The average molecular weight is 350 g/mol. The predicted octanol–water partition coefficient (Wildman–Crippen LogP) is -3.74. The molecule has 0 heterocycles. The Bertz CT molecular complexity index is 211. The summed E-state index contributed by atoms with van der Waals surface area (Å²) in [4.78, 5) is 36.4. The number of aliphatic carboxylic acids is 4. The van der Waals surface area contributed by atoms with Gasteiger partial charge in [-0.2, -0.15) is 0 Å². The fraction of sp³-hybridized carbons (Fsp3) is 0. The Morgan fingerprint density at radius 2 is 0.647 bits per heavy atom. The molecule has 0 saturated carbocycles. The molecule has 0 fully saturated rings. The summed E-state index contributed by atoms with van der Waals surface area (Å²) in [5.41, 5.74) is 0. The van der Waals surface area contributed by atoms with Gasteiger partial charge in [-0.15, -0.1) is 0 Å². The Kier molecular flexibility index (Phi) is 21.2. The van der Waals surface area contributed by atoms with Crippen molar-refractivity contribution in [1.82, 2.24) is 0 Å². The molecule has 11 nitrogen and oxygen atoms in total. The molecule has 0 aromatic carbocycles. The van der Waals surface area contributed by atoms with Crippen molar-refractivity contribution in [1.29, 1.82) is 0 Å². The van der Waals surface area contributed by atoms with E-state index in [0.29, 0.717) is 0 Å². The largest absolute Gasteiger partial charge is 0.631 e. The van der Waals surface area contributed by atoms with Crippen LogP contribution < -0.4 is 0 Å². The molecule has 1 radical (unpaired) electrons. The molecule has 0 aliphatic carbocycles. The molecule has 103 valence electrons. The number of hydrogen-bond acceptors (Lipinski definition) is 7. The molecule has 0 unspecified atom stereocenters. The van der Waals surface area contributed by atoms with Gasteiger partial charge in [-0.05, 0) is 0 Å². The normalized spacial score (nSPS) is 6.76. The fourth-order valence-corrected chi connectivity index (χ4v) is 0. The number of carboxylic acid groups (broad SMARTS) is 4. The first-order valence-electron chi connectivity index (χ1n) is 2.99. The van der Waals surface area contributed by atoms with Crippen molar-refractivity contribution >= 4 is 31.2 Å². The van der Waals surface area contributed by atoms with Gasteiger partial charge in [0, 0.05) is 22.4 Å². The minimum absolute atomic E-state index is 0. The monoisotopic (exact) mass is 349 g/mol. The maximum absolute atomic E-state index is 9.10. The molecule has 0 spiro atoms. The summed E-state index contributed by atoms with van der Waals surface area (Å²) in [7, 11) is -2.17. The average Bonchev–Trinajstić information content (AvgIpc) is 2.03. The summed E-state index contributed by atoms with van der Waals surface area (Å²) < 4.78 is 0. The zero-order chi connectivity index (χ0) is 13.9. The summed E-state index contributed by atoms with van der Waals surface area (Å²) in [6.45, 7) is 0. The van der Waals surface area contributed by atoms with Gasteiger partial charge >= 0.3 is 31.2 Å². The standard InChI is InChI=1S/2C2H2O4.Ag.BH3O3/c2*3-1(4)2(5)6;;2-1(3)4/h2*(H,3,4)(H,5,6);;2-4H. The second-order valence-electron chi connectivity index (χ2n) is 1.57. The first-order chi connectivity index (χ1) is 7.02. The Hall–Kier alpha value is -1.43. The van der Waals surface area contributed by atoms with Crippen molar-refractivity contribution < 1.29 is 77.1 Å². The molecule has 0 aromatic rings. The van der Waals surface area contributed by atoms with Gasteiger partial charge in [0.05, 0.1) is 0 Å². The quantitative estimate of drug-likeness (QED) is 0.167. The fourth-order valence-electron chi connectivity index (χ4n) is 0.